The van der Waals surface area contributed by atoms with Crippen molar-refractivity contribution >= 4 is 34.3 Å². The lowest BCUT2D eigenvalue weighted by molar-refractivity contribution is 0.0755. The van der Waals surface area contributed by atoms with E-state index >= 15 is 0 Å². The molecule has 1 aliphatic rings. The van der Waals surface area contributed by atoms with Crippen LogP contribution in [0.2, 0.25) is 0 Å². The number of fused-ring (bicyclic) bond motifs is 1. The summed E-state index contributed by atoms with van der Waals surface area (Å²) >= 11 is 1.95. The topological polar surface area (TPSA) is 62.1 Å². The summed E-state index contributed by atoms with van der Waals surface area (Å²) < 4.78 is 0. The van der Waals surface area contributed by atoms with Gasteiger partial charge in [-0.3, -0.25) is 4.79 Å². The van der Waals surface area contributed by atoms with E-state index in [0.717, 1.165) is 29.6 Å². The Morgan fingerprint density at radius 1 is 1.35 bits per heavy atom. The monoisotopic (exact) mass is 289 g/mol. The number of rotatable bonds is 1. The van der Waals surface area contributed by atoms with Crippen LogP contribution in [0.15, 0.2) is 24.4 Å². The molecule has 0 spiro atoms. The molecule has 2 heterocycles. The number of H-pyrrole nitrogens is 1. The van der Waals surface area contributed by atoms with Crippen molar-refractivity contribution in [2.24, 2.45) is 0 Å². The molecule has 1 aliphatic heterocycles. The number of aromatic nitrogens is 1. The third-order valence-electron chi connectivity index (χ3n) is 3.64. The highest BCUT2D eigenvalue weighted by Gasteiger charge is 2.27. The number of nitrogens with one attached hydrogen (secondary N) is 1. The first-order valence-electron chi connectivity index (χ1n) is 6.86. The van der Waals surface area contributed by atoms with Crippen LogP contribution >= 0.6 is 11.8 Å². The molecule has 4 nitrogen and oxygen atoms in total. The maximum absolute atomic E-state index is 12.7. The zero-order valence-corrected chi connectivity index (χ0v) is 12.5. The van der Waals surface area contributed by atoms with Crippen LogP contribution in [0.1, 0.15) is 24.2 Å². The highest BCUT2D eigenvalue weighted by Crippen LogP contribution is 2.28. The number of hydrogen-bond donors (Lipinski definition) is 2. The van der Waals surface area contributed by atoms with Gasteiger partial charge < -0.3 is 15.6 Å². The molecular weight excluding hydrogens is 270 g/mol. The van der Waals surface area contributed by atoms with E-state index in [0.29, 0.717) is 16.2 Å². The Balaban J connectivity index is 1.92. The molecule has 2 unspecified atom stereocenters. The molecule has 0 saturated carbocycles. The molecule has 1 amide bonds. The first kappa shape index (κ1) is 13.4. The summed E-state index contributed by atoms with van der Waals surface area (Å²) in [7, 11) is 0. The van der Waals surface area contributed by atoms with E-state index in [1.807, 2.05) is 34.9 Å². The van der Waals surface area contributed by atoms with Gasteiger partial charge in [0, 0.05) is 46.4 Å². The van der Waals surface area contributed by atoms with Gasteiger partial charge in [-0.05, 0) is 18.2 Å². The van der Waals surface area contributed by atoms with Crippen LogP contribution < -0.4 is 5.73 Å². The molecule has 5 heteroatoms. The van der Waals surface area contributed by atoms with Crippen LogP contribution in [0.4, 0.5) is 5.69 Å². The first-order valence-corrected chi connectivity index (χ1v) is 7.80. The van der Waals surface area contributed by atoms with E-state index in [9.17, 15) is 4.79 Å². The molecule has 1 fully saturated rings. The molecule has 1 aromatic heterocycles. The number of nitrogens with two attached hydrogens (primary N) is 1. The van der Waals surface area contributed by atoms with Crippen molar-refractivity contribution in [3.63, 3.8) is 0 Å². The Bertz CT molecular complexity index is 642. The van der Waals surface area contributed by atoms with Crippen molar-refractivity contribution < 1.29 is 4.79 Å². The van der Waals surface area contributed by atoms with Crippen molar-refractivity contribution in [3.05, 3.63) is 30.0 Å². The predicted octanol–water partition coefficient (Wildman–Crippen LogP) is 2.72. The summed E-state index contributed by atoms with van der Waals surface area (Å²) in [6.45, 7) is 5.98. The minimum atomic E-state index is 0.111. The fourth-order valence-electron chi connectivity index (χ4n) is 2.83. The maximum atomic E-state index is 12.7. The van der Waals surface area contributed by atoms with Crippen LogP contribution in [-0.2, 0) is 0 Å². The van der Waals surface area contributed by atoms with Crippen LogP contribution in [0, 0.1) is 0 Å². The molecular formula is C15H19N3OS. The van der Waals surface area contributed by atoms with Gasteiger partial charge in [-0.25, -0.2) is 0 Å². The Morgan fingerprint density at radius 2 is 2.05 bits per heavy atom. The lowest BCUT2D eigenvalue weighted by Crippen LogP contribution is -2.43. The summed E-state index contributed by atoms with van der Waals surface area (Å²) in [4.78, 5) is 17.8. The first-order chi connectivity index (χ1) is 9.54. The number of anilines is 1. The number of carbonyl (C=O) groups is 1. The highest BCUT2D eigenvalue weighted by molar-refractivity contribution is 8.00. The van der Waals surface area contributed by atoms with E-state index in [2.05, 4.69) is 18.8 Å². The van der Waals surface area contributed by atoms with Gasteiger partial charge in [0.05, 0.1) is 5.56 Å². The van der Waals surface area contributed by atoms with Crippen LogP contribution in [-0.4, -0.2) is 39.4 Å². The summed E-state index contributed by atoms with van der Waals surface area (Å²) in [5.41, 5.74) is 8.13. The standard InChI is InChI=1S/C15H19N3OS/c1-9-7-18(8-10(2)20-9)15(19)13-6-17-14-5-11(16)3-4-12(13)14/h3-6,9-10,17H,7-8,16H2,1-2H3. The molecule has 0 bridgehead atoms. The minimum Gasteiger partial charge on any atom is -0.399 e. The van der Waals surface area contributed by atoms with E-state index < -0.39 is 0 Å². The van der Waals surface area contributed by atoms with Crippen LogP contribution in [0.5, 0.6) is 0 Å². The molecule has 20 heavy (non-hydrogen) atoms. The van der Waals surface area contributed by atoms with Gasteiger partial charge in [0.25, 0.3) is 5.91 Å². The largest absolute Gasteiger partial charge is 0.399 e. The quantitative estimate of drug-likeness (QED) is 0.793. The Kier molecular flexibility index (Phi) is 3.38. The fraction of sp³-hybridized carbons (Fsp3) is 0.400. The van der Waals surface area contributed by atoms with E-state index in [1.54, 1.807) is 6.20 Å². The molecule has 3 rings (SSSR count). The minimum absolute atomic E-state index is 0.111. The number of amides is 1. The van der Waals surface area contributed by atoms with Crippen molar-refractivity contribution in [1.29, 1.82) is 0 Å². The van der Waals surface area contributed by atoms with Crippen LogP contribution in [0.3, 0.4) is 0 Å². The number of carbonyl (C=O) groups excluding carboxylic acids is 1. The van der Waals surface area contributed by atoms with Crippen molar-refractivity contribution in [2.75, 3.05) is 18.8 Å². The Morgan fingerprint density at radius 3 is 2.75 bits per heavy atom. The second-order valence-corrected chi connectivity index (χ2v) is 7.36. The zero-order valence-electron chi connectivity index (χ0n) is 11.7. The summed E-state index contributed by atoms with van der Waals surface area (Å²) in [5, 5.41) is 1.93. The second-order valence-electron chi connectivity index (χ2n) is 5.47. The number of hydrogen-bond acceptors (Lipinski definition) is 3. The molecule has 0 radical (unpaired) electrons. The molecule has 1 aromatic carbocycles. The smallest absolute Gasteiger partial charge is 0.256 e. The number of thioether (sulfide) groups is 1. The highest BCUT2D eigenvalue weighted by atomic mass is 32.2. The zero-order chi connectivity index (χ0) is 14.3. The molecule has 2 atom stereocenters. The third-order valence-corrected chi connectivity index (χ3v) is 4.87. The van der Waals surface area contributed by atoms with E-state index in [4.69, 9.17) is 5.73 Å². The molecule has 2 aromatic rings. The lowest BCUT2D eigenvalue weighted by Gasteiger charge is -2.34. The number of nitrogens with zero attached hydrogens (tertiary/aromatic N) is 1. The predicted molar refractivity (Wildman–Crippen MR) is 85.1 cm³/mol. The maximum Gasteiger partial charge on any atom is 0.256 e. The summed E-state index contributed by atoms with van der Waals surface area (Å²) in [6, 6.07) is 5.62. The summed E-state index contributed by atoms with van der Waals surface area (Å²) in [5.74, 6) is 0.111. The van der Waals surface area contributed by atoms with Crippen LogP contribution in [0.25, 0.3) is 10.9 Å². The molecule has 3 N–H and O–H groups in total. The number of aromatic amines is 1. The lowest BCUT2D eigenvalue weighted by atomic mass is 10.1. The number of nitrogen functional groups attached to an aromatic ring is 1. The Hall–Kier alpha value is -1.62. The molecule has 0 aliphatic carbocycles. The third kappa shape index (κ3) is 2.38. The SMILES string of the molecule is CC1CN(C(=O)c2c[nH]c3cc(N)ccc23)CC(C)S1. The van der Waals surface area contributed by atoms with Gasteiger partial charge in [-0.2, -0.15) is 11.8 Å². The van der Waals surface area contributed by atoms with Gasteiger partial charge in [0.1, 0.15) is 0 Å². The summed E-state index contributed by atoms with van der Waals surface area (Å²) in [6.07, 6.45) is 1.80. The normalized spacial score (nSPS) is 23.2. The number of benzene rings is 1. The van der Waals surface area contributed by atoms with Crippen molar-refractivity contribution in [3.8, 4) is 0 Å². The van der Waals surface area contributed by atoms with Crippen molar-refractivity contribution in [1.82, 2.24) is 9.88 Å². The van der Waals surface area contributed by atoms with Gasteiger partial charge in [0.2, 0.25) is 0 Å². The fourth-order valence-corrected chi connectivity index (χ4v) is 4.16. The van der Waals surface area contributed by atoms with Gasteiger partial charge in [0.15, 0.2) is 0 Å². The second kappa shape index (κ2) is 5.05. The van der Waals surface area contributed by atoms with Gasteiger partial charge in [-0.15, -0.1) is 0 Å². The molecule has 1 saturated heterocycles. The Labute approximate surface area is 122 Å². The van der Waals surface area contributed by atoms with Gasteiger partial charge >= 0.3 is 0 Å². The van der Waals surface area contributed by atoms with E-state index in [-0.39, 0.29) is 5.91 Å². The average molecular weight is 289 g/mol. The molecule has 106 valence electrons. The van der Waals surface area contributed by atoms with Gasteiger partial charge in [-0.1, -0.05) is 13.8 Å². The average Bonchev–Trinajstić information content (AvgIpc) is 2.79. The van der Waals surface area contributed by atoms with E-state index in [1.165, 1.54) is 0 Å². The van der Waals surface area contributed by atoms with Crippen molar-refractivity contribution in [2.45, 2.75) is 24.3 Å².